The van der Waals surface area contributed by atoms with Crippen LogP contribution in [0.15, 0.2) is 35.2 Å². The molecule has 172 valence electrons. The van der Waals surface area contributed by atoms with Crippen molar-refractivity contribution in [3.8, 4) is 5.75 Å². The van der Waals surface area contributed by atoms with E-state index < -0.39 is 23.8 Å². The first-order valence-electron chi connectivity index (χ1n) is 9.69. The van der Waals surface area contributed by atoms with Crippen molar-refractivity contribution in [1.29, 1.82) is 0 Å². The van der Waals surface area contributed by atoms with Crippen LogP contribution in [0.4, 0.5) is 18.9 Å². The van der Waals surface area contributed by atoms with Gasteiger partial charge in [0, 0.05) is 31.7 Å². The van der Waals surface area contributed by atoms with Crippen LogP contribution in [0.25, 0.3) is 0 Å². The van der Waals surface area contributed by atoms with Crippen molar-refractivity contribution in [1.82, 2.24) is 19.8 Å². The zero-order valence-electron chi connectivity index (χ0n) is 17.2. The van der Waals surface area contributed by atoms with Gasteiger partial charge in [0.1, 0.15) is 4.60 Å². The summed E-state index contributed by atoms with van der Waals surface area (Å²) in [6, 6.07) is 3.41. The minimum Gasteiger partial charge on any atom is -0.404 e. The molecule has 1 aliphatic heterocycles. The fourth-order valence-corrected chi connectivity index (χ4v) is 3.32. The summed E-state index contributed by atoms with van der Waals surface area (Å²) >= 11 is 3.15. The number of nitrogens with one attached hydrogen (secondary N) is 1. The van der Waals surface area contributed by atoms with E-state index >= 15 is 0 Å². The lowest BCUT2D eigenvalue weighted by molar-refractivity contribution is -0.274. The number of aromatic nitrogens is 2. The highest BCUT2D eigenvalue weighted by atomic mass is 79.9. The van der Waals surface area contributed by atoms with Gasteiger partial charge >= 0.3 is 6.36 Å². The Morgan fingerprint density at radius 2 is 1.88 bits per heavy atom. The van der Waals surface area contributed by atoms with Crippen molar-refractivity contribution in [3.63, 3.8) is 0 Å². The SMILES string of the molecule is CN1CCN(CC(=O)Nc2cc(C(=O)Cc3cnc(Br)cn3)ccc2OC(F)(F)F)CC1. The topological polar surface area (TPSA) is 87.7 Å². The number of hydrogen-bond acceptors (Lipinski definition) is 7. The number of ketones is 1. The molecule has 1 aromatic heterocycles. The van der Waals surface area contributed by atoms with Crippen LogP contribution in [0.3, 0.4) is 0 Å². The molecule has 0 radical (unpaired) electrons. The van der Waals surface area contributed by atoms with Gasteiger partial charge in [0.05, 0.1) is 36.7 Å². The summed E-state index contributed by atoms with van der Waals surface area (Å²) in [5.74, 6) is -1.48. The Morgan fingerprint density at radius 3 is 2.50 bits per heavy atom. The zero-order chi connectivity index (χ0) is 23.3. The number of carbonyl (C=O) groups is 2. The monoisotopic (exact) mass is 515 g/mol. The van der Waals surface area contributed by atoms with Crippen molar-refractivity contribution < 1.29 is 27.5 Å². The second-order valence-electron chi connectivity index (χ2n) is 7.32. The van der Waals surface area contributed by atoms with Crippen LogP contribution in [0, 0.1) is 0 Å². The van der Waals surface area contributed by atoms with Crippen molar-refractivity contribution in [2.24, 2.45) is 0 Å². The van der Waals surface area contributed by atoms with Crippen molar-refractivity contribution in [2.45, 2.75) is 12.8 Å². The molecule has 0 aliphatic carbocycles. The molecule has 0 spiro atoms. The molecule has 2 aromatic rings. The molecule has 1 aliphatic rings. The number of amides is 1. The van der Waals surface area contributed by atoms with E-state index in [4.69, 9.17) is 0 Å². The van der Waals surface area contributed by atoms with Gasteiger partial charge in [0.25, 0.3) is 0 Å². The summed E-state index contributed by atoms with van der Waals surface area (Å²) in [5.41, 5.74) is 0.280. The maximum Gasteiger partial charge on any atom is 0.573 e. The normalized spacial score (nSPS) is 15.4. The minimum atomic E-state index is -4.95. The predicted molar refractivity (Wildman–Crippen MR) is 113 cm³/mol. The molecule has 12 heteroatoms. The number of alkyl halides is 3. The first-order valence-corrected chi connectivity index (χ1v) is 10.5. The summed E-state index contributed by atoms with van der Waals surface area (Å²) in [7, 11) is 1.97. The smallest absolute Gasteiger partial charge is 0.404 e. The summed E-state index contributed by atoms with van der Waals surface area (Å²) in [5, 5.41) is 2.45. The maximum atomic E-state index is 12.8. The number of benzene rings is 1. The minimum absolute atomic E-state index is 0.0198. The number of ether oxygens (including phenoxy) is 1. The summed E-state index contributed by atoms with van der Waals surface area (Å²) in [6.45, 7) is 2.94. The molecule has 1 amide bonds. The Balaban J connectivity index is 1.75. The molecule has 1 saturated heterocycles. The van der Waals surface area contributed by atoms with Crippen LogP contribution in [0.2, 0.25) is 0 Å². The third-order valence-corrected chi connectivity index (χ3v) is 5.19. The van der Waals surface area contributed by atoms with Crippen LogP contribution in [-0.2, 0) is 11.2 Å². The van der Waals surface area contributed by atoms with E-state index in [0.717, 1.165) is 19.2 Å². The molecule has 0 saturated carbocycles. The third kappa shape index (κ3) is 7.24. The number of halogens is 4. The van der Waals surface area contributed by atoms with Crippen LogP contribution >= 0.6 is 15.9 Å². The van der Waals surface area contributed by atoms with Crippen molar-refractivity contribution in [3.05, 3.63) is 46.5 Å². The summed E-state index contributed by atoms with van der Waals surface area (Å²) in [4.78, 5) is 37.2. The Morgan fingerprint density at radius 1 is 1.16 bits per heavy atom. The van der Waals surface area contributed by atoms with Gasteiger partial charge in [-0.25, -0.2) is 4.98 Å². The lowest BCUT2D eigenvalue weighted by Gasteiger charge is -2.31. The number of likely N-dealkylation sites (N-methyl/N-ethyl adjacent to an activating group) is 1. The van der Waals surface area contributed by atoms with Crippen molar-refractivity contribution in [2.75, 3.05) is 45.1 Å². The van der Waals surface area contributed by atoms with Crippen LogP contribution in [0.1, 0.15) is 16.1 Å². The van der Waals surface area contributed by atoms with Gasteiger partial charge in [-0.15, -0.1) is 13.2 Å². The average molecular weight is 516 g/mol. The van der Waals surface area contributed by atoms with E-state index in [1.807, 2.05) is 11.9 Å². The van der Waals surface area contributed by atoms with Gasteiger partial charge in [-0.1, -0.05) is 0 Å². The fourth-order valence-electron chi connectivity index (χ4n) is 3.11. The molecule has 1 aromatic carbocycles. The number of anilines is 1. The van der Waals surface area contributed by atoms with E-state index in [9.17, 15) is 22.8 Å². The standard InChI is InChI=1S/C20H21BrF3N5O3/c1-28-4-6-29(7-5-28)12-19(31)27-15-8-13(2-3-17(15)32-20(22,23)24)16(30)9-14-10-26-18(21)11-25-14/h2-3,8,10-11H,4-7,9,12H2,1H3,(H,27,31). The number of piperazine rings is 1. The largest absolute Gasteiger partial charge is 0.573 e. The first kappa shape index (κ1) is 24.1. The first-order chi connectivity index (χ1) is 15.1. The fraction of sp³-hybridized carbons (Fsp3) is 0.400. The molecule has 0 atom stereocenters. The molecular weight excluding hydrogens is 495 g/mol. The molecule has 8 nitrogen and oxygen atoms in total. The van der Waals surface area contributed by atoms with Gasteiger partial charge in [-0.05, 0) is 41.2 Å². The molecule has 0 unspecified atom stereocenters. The molecule has 32 heavy (non-hydrogen) atoms. The van der Waals surface area contributed by atoms with E-state index in [2.05, 4.69) is 40.9 Å². The van der Waals surface area contributed by atoms with E-state index in [0.29, 0.717) is 23.4 Å². The van der Waals surface area contributed by atoms with Crippen LogP contribution in [0.5, 0.6) is 5.75 Å². The highest BCUT2D eigenvalue weighted by molar-refractivity contribution is 9.10. The van der Waals surface area contributed by atoms with Gasteiger partial charge in [-0.3, -0.25) is 19.5 Å². The number of carbonyl (C=O) groups excluding carboxylic acids is 2. The van der Waals surface area contributed by atoms with E-state index in [-0.39, 0.29) is 24.2 Å². The maximum absolute atomic E-state index is 12.8. The highest BCUT2D eigenvalue weighted by Crippen LogP contribution is 2.31. The van der Waals surface area contributed by atoms with Gasteiger partial charge in [0.15, 0.2) is 11.5 Å². The molecule has 1 fully saturated rings. The average Bonchev–Trinajstić information content (AvgIpc) is 2.71. The Kier molecular flexibility index (Phi) is 7.80. The third-order valence-electron chi connectivity index (χ3n) is 4.78. The molecule has 0 bridgehead atoms. The van der Waals surface area contributed by atoms with Gasteiger partial charge < -0.3 is 15.0 Å². The molecule has 1 N–H and O–H groups in total. The molecule has 2 heterocycles. The molecular formula is C20H21BrF3N5O3. The van der Waals surface area contributed by atoms with Gasteiger partial charge in [0.2, 0.25) is 5.91 Å². The zero-order valence-corrected chi connectivity index (χ0v) is 18.7. The lowest BCUT2D eigenvalue weighted by Crippen LogP contribution is -2.47. The van der Waals surface area contributed by atoms with Crippen LogP contribution < -0.4 is 10.1 Å². The van der Waals surface area contributed by atoms with Gasteiger partial charge in [-0.2, -0.15) is 0 Å². The number of Topliss-reactive ketones (excluding diaryl/α,β-unsaturated/α-hetero) is 1. The second kappa shape index (κ2) is 10.4. The predicted octanol–water partition coefficient (Wildman–Crippen LogP) is 2.75. The van der Waals surface area contributed by atoms with Crippen LogP contribution in [-0.4, -0.2) is 77.6 Å². The number of rotatable bonds is 7. The highest BCUT2D eigenvalue weighted by Gasteiger charge is 2.32. The molecule has 3 rings (SSSR count). The summed E-state index contributed by atoms with van der Waals surface area (Å²) < 4.78 is 43.0. The van der Waals surface area contributed by atoms with E-state index in [1.165, 1.54) is 24.5 Å². The quantitative estimate of drug-likeness (QED) is 0.567. The van der Waals surface area contributed by atoms with E-state index in [1.54, 1.807) is 0 Å². The van der Waals surface area contributed by atoms with Crippen molar-refractivity contribution >= 4 is 33.3 Å². The lowest BCUT2D eigenvalue weighted by atomic mass is 10.1. The summed E-state index contributed by atoms with van der Waals surface area (Å²) in [6.07, 6.45) is -2.20. The second-order valence-corrected chi connectivity index (χ2v) is 8.13. The Labute approximate surface area is 190 Å². The number of nitrogens with zero attached hydrogens (tertiary/aromatic N) is 4. The Hall–Kier alpha value is -2.57. The number of hydrogen-bond donors (Lipinski definition) is 1. The Bertz CT molecular complexity index is 964.